The number of hydrogen-bond acceptors (Lipinski definition) is 2. The molecule has 2 atom stereocenters. The molecule has 1 saturated heterocycles. The van der Waals surface area contributed by atoms with Gasteiger partial charge in [-0.05, 0) is 53.0 Å². The fraction of sp³-hybridized carbons (Fsp3) is 0.500. The fourth-order valence-corrected chi connectivity index (χ4v) is 2.51. The summed E-state index contributed by atoms with van der Waals surface area (Å²) < 4.78 is 13.5. The Labute approximate surface area is 103 Å². The summed E-state index contributed by atoms with van der Waals surface area (Å²) in [6.45, 7) is 1.71. The standard InChI is InChI=1S/C12H15BrFNO/c13-10-6-8(1-2-11(10)14)5-9-7-15-4-3-12(9)16/h1-2,6,9,12,15-16H,3-5,7H2. The van der Waals surface area contributed by atoms with Gasteiger partial charge >= 0.3 is 0 Å². The summed E-state index contributed by atoms with van der Waals surface area (Å²) >= 11 is 3.17. The van der Waals surface area contributed by atoms with E-state index < -0.39 is 0 Å². The van der Waals surface area contributed by atoms with Crippen molar-refractivity contribution in [1.82, 2.24) is 5.32 Å². The second kappa shape index (κ2) is 5.25. The first-order valence-electron chi connectivity index (χ1n) is 5.49. The highest BCUT2D eigenvalue weighted by atomic mass is 79.9. The van der Waals surface area contributed by atoms with Gasteiger partial charge in [0, 0.05) is 12.5 Å². The molecule has 0 radical (unpaired) electrons. The summed E-state index contributed by atoms with van der Waals surface area (Å²) in [4.78, 5) is 0. The first kappa shape index (κ1) is 12.0. The lowest BCUT2D eigenvalue weighted by atomic mass is 9.90. The van der Waals surface area contributed by atoms with Crippen LogP contribution in [0.4, 0.5) is 4.39 Å². The van der Waals surface area contributed by atoms with E-state index in [1.807, 2.05) is 0 Å². The van der Waals surface area contributed by atoms with Crippen LogP contribution in [0.15, 0.2) is 22.7 Å². The van der Waals surface area contributed by atoms with E-state index in [1.165, 1.54) is 6.07 Å². The smallest absolute Gasteiger partial charge is 0.137 e. The number of rotatable bonds is 2. The van der Waals surface area contributed by atoms with Gasteiger partial charge in [-0.3, -0.25) is 0 Å². The lowest BCUT2D eigenvalue weighted by Gasteiger charge is -2.28. The Kier molecular flexibility index (Phi) is 3.95. The number of nitrogens with one attached hydrogen (secondary N) is 1. The van der Waals surface area contributed by atoms with Crippen LogP contribution in [0.3, 0.4) is 0 Å². The van der Waals surface area contributed by atoms with E-state index in [2.05, 4.69) is 21.2 Å². The van der Waals surface area contributed by atoms with Gasteiger partial charge in [0.05, 0.1) is 10.6 Å². The summed E-state index contributed by atoms with van der Waals surface area (Å²) in [7, 11) is 0. The Balaban J connectivity index is 2.05. The van der Waals surface area contributed by atoms with Gasteiger partial charge < -0.3 is 10.4 Å². The van der Waals surface area contributed by atoms with Crippen LogP contribution in [0.5, 0.6) is 0 Å². The second-order valence-electron chi connectivity index (χ2n) is 4.27. The number of aliphatic hydroxyl groups is 1. The Hall–Kier alpha value is -0.450. The Morgan fingerprint density at radius 3 is 3.00 bits per heavy atom. The first-order chi connectivity index (χ1) is 7.66. The monoisotopic (exact) mass is 287 g/mol. The maximum atomic E-state index is 13.0. The highest BCUT2D eigenvalue weighted by Gasteiger charge is 2.22. The molecule has 0 spiro atoms. The summed E-state index contributed by atoms with van der Waals surface area (Å²) in [5.41, 5.74) is 1.06. The molecule has 2 rings (SSSR count). The topological polar surface area (TPSA) is 32.3 Å². The van der Waals surface area contributed by atoms with Gasteiger partial charge in [-0.1, -0.05) is 6.07 Å². The van der Waals surface area contributed by atoms with E-state index in [1.54, 1.807) is 12.1 Å². The van der Waals surface area contributed by atoms with Crippen LogP contribution in [-0.4, -0.2) is 24.3 Å². The molecule has 2 nitrogen and oxygen atoms in total. The maximum Gasteiger partial charge on any atom is 0.137 e. The van der Waals surface area contributed by atoms with Gasteiger partial charge in [0.2, 0.25) is 0 Å². The molecule has 0 amide bonds. The molecule has 16 heavy (non-hydrogen) atoms. The molecule has 1 aliphatic rings. The quantitative estimate of drug-likeness (QED) is 0.873. The van der Waals surface area contributed by atoms with Crippen molar-refractivity contribution in [3.05, 3.63) is 34.1 Å². The third kappa shape index (κ3) is 2.81. The predicted octanol–water partition coefficient (Wildman–Crippen LogP) is 2.10. The van der Waals surface area contributed by atoms with Crippen molar-refractivity contribution in [3.63, 3.8) is 0 Å². The molecular formula is C12H15BrFNO. The van der Waals surface area contributed by atoms with E-state index >= 15 is 0 Å². The molecule has 1 heterocycles. The third-order valence-electron chi connectivity index (χ3n) is 3.05. The summed E-state index contributed by atoms with van der Waals surface area (Å²) in [6, 6.07) is 5.03. The van der Waals surface area contributed by atoms with Crippen molar-refractivity contribution in [2.45, 2.75) is 18.9 Å². The van der Waals surface area contributed by atoms with Crippen molar-refractivity contribution >= 4 is 15.9 Å². The molecular weight excluding hydrogens is 273 g/mol. The molecule has 1 fully saturated rings. The minimum atomic E-state index is -0.245. The molecule has 0 aliphatic carbocycles. The van der Waals surface area contributed by atoms with E-state index in [9.17, 15) is 9.50 Å². The molecule has 88 valence electrons. The number of piperidine rings is 1. The van der Waals surface area contributed by atoms with E-state index in [-0.39, 0.29) is 17.8 Å². The molecule has 0 bridgehead atoms. The fourth-order valence-electron chi connectivity index (χ4n) is 2.09. The van der Waals surface area contributed by atoms with E-state index in [0.29, 0.717) is 4.47 Å². The van der Waals surface area contributed by atoms with Gasteiger partial charge in [-0.25, -0.2) is 4.39 Å². The Morgan fingerprint density at radius 1 is 1.50 bits per heavy atom. The van der Waals surface area contributed by atoms with Crippen molar-refractivity contribution in [2.75, 3.05) is 13.1 Å². The SMILES string of the molecule is OC1CCNCC1Cc1ccc(F)c(Br)c1. The average molecular weight is 288 g/mol. The van der Waals surface area contributed by atoms with Crippen LogP contribution in [0, 0.1) is 11.7 Å². The number of hydrogen-bond donors (Lipinski definition) is 2. The summed E-state index contributed by atoms with van der Waals surface area (Å²) in [5, 5.41) is 13.1. The number of halogens is 2. The predicted molar refractivity (Wildman–Crippen MR) is 64.8 cm³/mol. The highest BCUT2D eigenvalue weighted by molar-refractivity contribution is 9.10. The van der Waals surface area contributed by atoms with Crippen LogP contribution in [0.25, 0.3) is 0 Å². The first-order valence-corrected chi connectivity index (χ1v) is 6.29. The number of aliphatic hydroxyl groups excluding tert-OH is 1. The molecule has 1 aromatic carbocycles. The van der Waals surface area contributed by atoms with Crippen molar-refractivity contribution in [2.24, 2.45) is 5.92 Å². The van der Waals surface area contributed by atoms with Crippen LogP contribution in [0.2, 0.25) is 0 Å². The van der Waals surface area contributed by atoms with Crippen molar-refractivity contribution < 1.29 is 9.50 Å². The zero-order valence-electron chi connectivity index (χ0n) is 8.92. The summed E-state index contributed by atoms with van der Waals surface area (Å²) in [6.07, 6.45) is 1.34. The zero-order valence-corrected chi connectivity index (χ0v) is 10.5. The van der Waals surface area contributed by atoms with Crippen LogP contribution < -0.4 is 5.32 Å². The third-order valence-corrected chi connectivity index (χ3v) is 3.66. The minimum absolute atomic E-state index is 0.228. The average Bonchev–Trinajstić information content (AvgIpc) is 2.27. The van der Waals surface area contributed by atoms with E-state index in [4.69, 9.17) is 0 Å². The number of benzene rings is 1. The Bertz CT molecular complexity index is 372. The van der Waals surface area contributed by atoms with Gasteiger partial charge in [0.1, 0.15) is 5.82 Å². The van der Waals surface area contributed by atoms with Crippen molar-refractivity contribution in [3.8, 4) is 0 Å². The van der Waals surface area contributed by atoms with Gasteiger partial charge in [0.25, 0.3) is 0 Å². The van der Waals surface area contributed by atoms with Crippen LogP contribution in [0.1, 0.15) is 12.0 Å². The molecule has 0 saturated carbocycles. The molecule has 1 aromatic rings. The molecule has 2 N–H and O–H groups in total. The van der Waals surface area contributed by atoms with Crippen LogP contribution >= 0.6 is 15.9 Å². The summed E-state index contributed by atoms with van der Waals surface area (Å²) in [5.74, 6) is -0.0165. The van der Waals surface area contributed by atoms with E-state index in [0.717, 1.165) is 31.5 Å². The second-order valence-corrected chi connectivity index (χ2v) is 5.13. The molecule has 4 heteroatoms. The highest BCUT2D eigenvalue weighted by Crippen LogP contribution is 2.21. The lowest BCUT2D eigenvalue weighted by molar-refractivity contribution is 0.0791. The largest absolute Gasteiger partial charge is 0.393 e. The van der Waals surface area contributed by atoms with Crippen molar-refractivity contribution in [1.29, 1.82) is 0 Å². The minimum Gasteiger partial charge on any atom is -0.393 e. The van der Waals surface area contributed by atoms with Gasteiger partial charge in [-0.15, -0.1) is 0 Å². The normalized spacial score (nSPS) is 25.7. The zero-order chi connectivity index (χ0) is 11.5. The Morgan fingerprint density at radius 2 is 2.31 bits per heavy atom. The molecule has 2 unspecified atom stereocenters. The molecule has 1 aliphatic heterocycles. The van der Waals surface area contributed by atoms with Gasteiger partial charge in [-0.2, -0.15) is 0 Å². The lowest BCUT2D eigenvalue weighted by Crippen LogP contribution is -2.40. The van der Waals surface area contributed by atoms with Gasteiger partial charge in [0.15, 0.2) is 0 Å². The molecule has 0 aromatic heterocycles. The van der Waals surface area contributed by atoms with Crippen LogP contribution in [-0.2, 0) is 6.42 Å². The maximum absolute atomic E-state index is 13.0.